The Balaban J connectivity index is 2.70. The summed E-state index contributed by atoms with van der Waals surface area (Å²) >= 11 is 0. The van der Waals surface area contributed by atoms with Crippen LogP contribution in [0.4, 0.5) is 0 Å². The minimum atomic E-state index is -0.379. The van der Waals surface area contributed by atoms with E-state index in [4.69, 9.17) is 0 Å². The largest absolute Gasteiger partial charge is 0.618 e. The first-order valence-electron chi connectivity index (χ1n) is 4.57. The van der Waals surface area contributed by atoms with Crippen molar-refractivity contribution in [3.8, 4) is 0 Å². The van der Waals surface area contributed by atoms with Crippen LogP contribution in [0.15, 0.2) is 36.4 Å². The normalized spacial score (nSPS) is 10.2. The number of carbonyl (C=O) groups excluding carboxylic acids is 1. The van der Waals surface area contributed by atoms with E-state index in [1.165, 1.54) is 13.1 Å². The highest BCUT2D eigenvalue weighted by molar-refractivity contribution is 5.92. The van der Waals surface area contributed by atoms with E-state index in [1.54, 1.807) is 18.2 Å². The van der Waals surface area contributed by atoms with Crippen molar-refractivity contribution < 1.29 is 9.52 Å². The van der Waals surface area contributed by atoms with Crippen molar-refractivity contribution in [1.29, 1.82) is 0 Å². The molecule has 1 heterocycles. The van der Waals surface area contributed by atoms with E-state index in [1.807, 2.05) is 12.1 Å². The van der Waals surface area contributed by atoms with Gasteiger partial charge in [-0.15, -0.1) is 0 Å². The number of aromatic nitrogens is 1. The molecule has 0 unspecified atom stereocenters. The number of nitrogens with one attached hydrogen (secondary N) is 1. The van der Waals surface area contributed by atoms with Crippen molar-refractivity contribution in [2.45, 2.75) is 0 Å². The second-order valence-electron chi connectivity index (χ2n) is 3.15. The summed E-state index contributed by atoms with van der Waals surface area (Å²) in [7, 11) is 1.50. The average molecular weight is 202 g/mol. The van der Waals surface area contributed by atoms with Crippen LogP contribution >= 0.6 is 0 Å². The van der Waals surface area contributed by atoms with E-state index >= 15 is 0 Å². The highest BCUT2D eigenvalue weighted by atomic mass is 16.5. The Kier molecular flexibility index (Phi) is 2.25. The van der Waals surface area contributed by atoms with Gasteiger partial charge in [0.2, 0.25) is 5.52 Å². The third-order valence-electron chi connectivity index (χ3n) is 2.25. The van der Waals surface area contributed by atoms with Gasteiger partial charge in [-0.2, -0.15) is 4.73 Å². The van der Waals surface area contributed by atoms with Gasteiger partial charge in [0.25, 0.3) is 5.69 Å². The molecule has 15 heavy (non-hydrogen) atoms. The average Bonchev–Trinajstić information content (AvgIpc) is 2.29. The highest BCUT2D eigenvalue weighted by Crippen LogP contribution is 2.09. The summed E-state index contributed by atoms with van der Waals surface area (Å²) in [6.07, 6.45) is 0. The number of para-hydroxylation sites is 1. The molecule has 4 nitrogen and oxygen atoms in total. The number of pyridine rings is 1. The maximum atomic E-state index is 11.8. The summed E-state index contributed by atoms with van der Waals surface area (Å²) in [5.74, 6) is -0.379. The third-order valence-corrected chi connectivity index (χ3v) is 2.25. The van der Waals surface area contributed by atoms with E-state index in [0.717, 1.165) is 5.39 Å². The zero-order chi connectivity index (χ0) is 10.8. The highest BCUT2D eigenvalue weighted by Gasteiger charge is 2.16. The first-order chi connectivity index (χ1) is 7.24. The van der Waals surface area contributed by atoms with Crippen LogP contribution in [0.5, 0.6) is 0 Å². The lowest BCUT2D eigenvalue weighted by atomic mass is 10.2. The topological polar surface area (TPSA) is 56.0 Å². The fourth-order valence-corrected chi connectivity index (χ4v) is 1.48. The first-order valence-corrected chi connectivity index (χ1v) is 4.57. The summed E-state index contributed by atoms with van der Waals surface area (Å²) in [5, 5.41) is 15.0. The fourth-order valence-electron chi connectivity index (χ4n) is 1.48. The van der Waals surface area contributed by atoms with E-state index in [0.29, 0.717) is 10.2 Å². The summed E-state index contributed by atoms with van der Waals surface area (Å²) in [6, 6.07) is 10.4. The van der Waals surface area contributed by atoms with Gasteiger partial charge in [-0.25, -0.2) is 0 Å². The van der Waals surface area contributed by atoms with Crippen LogP contribution in [0.3, 0.4) is 0 Å². The molecule has 1 aromatic heterocycles. The Bertz CT molecular complexity index is 523. The molecule has 1 N–H and O–H groups in total. The molecule has 76 valence electrons. The minimum absolute atomic E-state index is 0.108. The number of amides is 1. The molecule has 0 spiro atoms. The summed E-state index contributed by atoms with van der Waals surface area (Å²) in [4.78, 5) is 11.3. The molecule has 0 fully saturated rings. The molecule has 0 radical (unpaired) electrons. The van der Waals surface area contributed by atoms with E-state index < -0.39 is 0 Å². The van der Waals surface area contributed by atoms with Crippen molar-refractivity contribution in [2.24, 2.45) is 0 Å². The summed E-state index contributed by atoms with van der Waals surface area (Å²) < 4.78 is 0.647. The number of nitrogens with zero attached hydrogens (tertiary/aromatic N) is 1. The molecule has 0 aliphatic heterocycles. The molecule has 1 aromatic carbocycles. The van der Waals surface area contributed by atoms with E-state index in [9.17, 15) is 10.0 Å². The lowest BCUT2D eigenvalue weighted by Gasteiger charge is -2.05. The Morgan fingerprint density at radius 1 is 1.27 bits per heavy atom. The second kappa shape index (κ2) is 3.57. The lowest BCUT2D eigenvalue weighted by Crippen LogP contribution is -2.38. The van der Waals surface area contributed by atoms with E-state index in [2.05, 4.69) is 5.32 Å². The molecule has 0 bridgehead atoms. The maximum absolute atomic E-state index is 11.8. The van der Waals surface area contributed by atoms with Crippen LogP contribution in [0.2, 0.25) is 0 Å². The van der Waals surface area contributed by atoms with Crippen LogP contribution in [0.1, 0.15) is 10.5 Å². The number of hydrogen-bond donors (Lipinski definition) is 1. The Morgan fingerprint density at radius 2 is 2.00 bits per heavy atom. The standard InChI is InChI=1S/C11H10N2O2/c1-12-11(14)10-7-6-8-4-2-3-5-9(8)13(10)15/h2-7H,1H3,(H,12,14). The van der Waals surface area contributed by atoms with E-state index in [-0.39, 0.29) is 11.6 Å². The van der Waals surface area contributed by atoms with Gasteiger partial charge in [-0.3, -0.25) is 4.79 Å². The van der Waals surface area contributed by atoms with Gasteiger partial charge in [0.1, 0.15) is 0 Å². The van der Waals surface area contributed by atoms with Crippen LogP contribution < -0.4 is 10.0 Å². The second-order valence-corrected chi connectivity index (χ2v) is 3.15. The molecule has 0 aliphatic rings. The number of rotatable bonds is 1. The maximum Gasteiger partial charge on any atom is 0.317 e. The van der Waals surface area contributed by atoms with Gasteiger partial charge in [0.15, 0.2) is 0 Å². The van der Waals surface area contributed by atoms with Gasteiger partial charge in [-0.1, -0.05) is 12.1 Å². The smallest absolute Gasteiger partial charge is 0.317 e. The lowest BCUT2D eigenvalue weighted by molar-refractivity contribution is -0.579. The number of fused-ring (bicyclic) bond motifs is 1. The number of benzene rings is 1. The quantitative estimate of drug-likeness (QED) is 0.550. The molecule has 2 rings (SSSR count). The van der Waals surface area contributed by atoms with Crippen LogP contribution in [0, 0.1) is 5.21 Å². The minimum Gasteiger partial charge on any atom is -0.618 e. The van der Waals surface area contributed by atoms with Crippen molar-refractivity contribution >= 4 is 16.8 Å². The summed E-state index contributed by atoms with van der Waals surface area (Å²) in [6.45, 7) is 0. The van der Waals surface area contributed by atoms with Crippen molar-refractivity contribution in [3.05, 3.63) is 47.3 Å². The van der Waals surface area contributed by atoms with Crippen molar-refractivity contribution in [2.75, 3.05) is 7.05 Å². The molecule has 0 saturated heterocycles. The molecule has 4 heteroatoms. The fraction of sp³-hybridized carbons (Fsp3) is 0.0909. The molecular formula is C11H10N2O2. The number of carbonyl (C=O) groups is 1. The van der Waals surface area contributed by atoms with Gasteiger partial charge in [0.05, 0.1) is 0 Å². The zero-order valence-corrected chi connectivity index (χ0v) is 8.23. The molecule has 2 aromatic rings. The molecule has 0 saturated carbocycles. The molecule has 0 atom stereocenters. The van der Waals surface area contributed by atoms with Crippen molar-refractivity contribution in [3.63, 3.8) is 0 Å². The van der Waals surface area contributed by atoms with Crippen LogP contribution in [-0.4, -0.2) is 13.0 Å². The first kappa shape index (κ1) is 9.45. The summed E-state index contributed by atoms with van der Waals surface area (Å²) in [5.41, 5.74) is 0.606. The van der Waals surface area contributed by atoms with Crippen LogP contribution in [0.25, 0.3) is 10.9 Å². The van der Waals surface area contributed by atoms with Gasteiger partial charge in [0, 0.05) is 24.6 Å². The Labute approximate surface area is 86.7 Å². The number of hydrogen-bond acceptors (Lipinski definition) is 2. The molecule has 1 amide bonds. The monoisotopic (exact) mass is 202 g/mol. The SMILES string of the molecule is CNC(=O)c1ccc2ccccc2[n+]1[O-]. The van der Waals surface area contributed by atoms with Crippen molar-refractivity contribution in [1.82, 2.24) is 5.32 Å². The predicted octanol–water partition coefficient (Wildman–Crippen LogP) is 0.833. The van der Waals surface area contributed by atoms with Gasteiger partial charge in [-0.05, 0) is 12.1 Å². The Morgan fingerprint density at radius 3 is 2.73 bits per heavy atom. The molecular weight excluding hydrogens is 192 g/mol. The predicted molar refractivity (Wildman–Crippen MR) is 56.3 cm³/mol. The zero-order valence-electron chi connectivity index (χ0n) is 8.23. The van der Waals surface area contributed by atoms with Crippen LogP contribution in [-0.2, 0) is 0 Å². The third kappa shape index (κ3) is 1.50. The van der Waals surface area contributed by atoms with Gasteiger partial charge >= 0.3 is 5.91 Å². The van der Waals surface area contributed by atoms with Gasteiger partial charge < -0.3 is 10.5 Å². The Hall–Kier alpha value is -2.10. The molecule has 0 aliphatic carbocycles.